The maximum Gasteiger partial charge on any atom is 0.234 e. The maximum atomic E-state index is 11.5. The lowest BCUT2D eigenvalue weighted by Gasteiger charge is -2.30. The second kappa shape index (κ2) is 6.59. The molecular formula is C12H23N3O2. The first-order chi connectivity index (χ1) is 8.02. The summed E-state index contributed by atoms with van der Waals surface area (Å²) in [7, 11) is 1.80. The number of nitrogens with one attached hydrogen (secondary N) is 2. The van der Waals surface area contributed by atoms with E-state index in [2.05, 4.69) is 10.6 Å². The van der Waals surface area contributed by atoms with E-state index in [-0.39, 0.29) is 23.9 Å². The minimum Gasteiger partial charge on any atom is -0.353 e. The molecule has 0 bridgehead atoms. The third kappa shape index (κ3) is 4.73. The van der Waals surface area contributed by atoms with Gasteiger partial charge in [-0.25, -0.2) is 0 Å². The summed E-state index contributed by atoms with van der Waals surface area (Å²) in [5.74, 6) is 0.214. The Kier molecular flexibility index (Phi) is 5.41. The van der Waals surface area contributed by atoms with Gasteiger partial charge in [0.25, 0.3) is 0 Å². The fourth-order valence-electron chi connectivity index (χ4n) is 1.84. The van der Waals surface area contributed by atoms with Crippen molar-refractivity contribution >= 4 is 11.8 Å². The maximum absolute atomic E-state index is 11.5. The van der Waals surface area contributed by atoms with E-state index in [9.17, 15) is 9.59 Å². The molecule has 0 saturated carbocycles. The second-order valence-corrected chi connectivity index (χ2v) is 4.77. The summed E-state index contributed by atoms with van der Waals surface area (Å²) in [6.45, 7) is 5.05. The number of nitrogens with zero attached hydrogens (tertiary/aromatic N) is 1. The molecule has 5 nitrogen and oxygen atoms in total. The molecule has 2 N–H and O–H groups in total. The molecule has 2 amide bonds. The van der Waals surface area contributed by atoms with E-state index >= 15 is 0 Å². The summed E-state index contributed by atoms with van der Waals surface area (Å²) in [4.78, 5) is 24.5. The Morgan fingerprint density at radius 1 is 1.59 bits per heavy atom. The van der Waals surface area contributed by atoms with Crippen LogP contribution in [0, 0.1) is 0 Å². The molecule has 0 spiro atoms. The van der Waals surface area contributed by atoms with Gasteiger partial charge in [0, 0.05) is 32.1 Å². The zero-order valence-electron chi connectivity index (χ0n) is 11.0. The predicted molar refractivity (Wildman–Crippen MR) is 66.6 cm³/mol. The van der Waals surface area contributed by atoms with Crippen LogP contribution in [0.3, 0.4) is 0 Å². The zero-order chi connectivity index (χ0) is 12.8. The number of rotatable bonds is 5. The number of carbonyl (C=O) groups is 2. The van der Waals surface area contributed by atoms with Crippen LogP contribution in [0.4, 0.5) is 0 Å². The van der Waals surface area contributed by atoms with Crippen molar-refractivity contribution in [1.82, 2.24) is 15.5 Å². The van der Waals surface area contributed by atoms with Crippen molar-refractivity contribution in [3.8, 4) is 0 Å². The first kappa shape index (κ1) is 14.0. The number of hydrogen-bond acceptors (Lipinski definition) is 3. The Bertz CT molecular complexity index is 281. The highest BCUT2D eigenvalue weighted by molar-refractivity contribution is 5.78. The zero-order valence-corrected chi connectivity index (χ0v) is 11.0. The van der Waals surface area contributed by atoms with Crippen molar-refractivity contribution in [2.45, 2.75) is 45.2 Å². The van der Waals surface area contributed by atoms with E-state index in [4.69, 9.17) is 0 Å². The SMILES string of the molecule is CCC(C)NC(=O)CNC1CCC(=O)N(C)C1. The van der Waals surface area contributed by atoms with Gasteiger partial charge in [0.2, 0.25) is 11.8 Å². The van der Waals surface area contributed by atoms with Crippen LogP contribution in [0.15, 0.2) is 0 Å². The largest absolute Gasteiger partial charge is 0.353 e. The Balaban J connectivity index is 2.22. The van der Waals surface area contributed by atoms with E-state index in [0.29, 0.717) is 19.5 Å². The fraction of sp³-hybridized carbons (Fsp3) is 0.833. The van der Waals surface area contributed by atoms with Crippen molar-refractivity contribution < 1.29 is 9.59 Å². The van der Waals surface area contributed by atoms with Crippen LogP contribution in [-0.2, 0) is 9.59 Å². The summed E-state index contributed by atoms with van der Waals surface area (Å²) in [5, 5.41) is 6.10. The van der Waals surface area contributed by atoms with Gasteiger partial charge in [0.1, 0.15) is 0 Å². The average molecular weight is 241 g/mol. The number of piperidine rings is 1. The molecular weight excluding hydrogens is 218 g/mol. The lowest BCUT2D eigenvalue weighted by molar-refractivity contribution is -0.132. The highest BCUT2D eigenvalue weighted by atomic mass is 16.2. The summed E-state index contributed by atoms with van der Waals surface area (Å²) >= 11 is 0. The molecule has 0 aromatic carbocycles. The molecule has 98 valence electrons. The summed E-state index contributed by atoms with van der Waals surface area (Å²) in [6, 6.07) is 0.459. The van der Waals surface area contributed by atoms with E-state index < -0.39 is 0 Å². The average Bonchev–Trinajstić information content (AvgIpc) is 2.30. The molecule has 1 aliphatic heterocycles. The van der Waals surface area contributed by atoms with Crippen molar-refractivity contribution in [1.29, 1.82) is 0 Å². The van der Waals surface area contributed by atoms with Gasteiger partial charge < -0.3 is 15.5 Å². The van der Waals surface area contributed by atoms with Crippen LogP contribution < -0.4 is 10.6 Å². The lowest BCUT2D eigenvalue weighted by atomic mass is 10.1. The monoisotopic (exact) mass is 241 g/mol. The molecule has 5 heteroatoms. The molecule has 1 heterocycles. The van der Waals surface area contributed by atoms with Gasteiger partial charge in [-0.1, -0.05) is 6.92 Å². The molecule has 0 aliphatic carbocycles. The molecule has 2 atom stereocenters. The number of likely N-dealkylation sites (tertiary alicyclic amines) is 1. The van der Waals surface area contributed by atoms with Crippen LogP contribution in [0.25, 0.3) is 0 Å². The molecule has 1 fully saturated rings. The predicted octanol–water partition coefficient (Wildman–Crippen LogP) is 0.112. The number of hydrogen-bond donors (Lipinski definition) is 2. The van der Waals surface area contributed by atoms with Gasteiger partial charge in [-0.3, -0.25) is 9.59 Å². The van der Waals surface area contributed by atoms with Gasteiger partial charge in [-0.05, 0) is 19.8 Å². The van der Waals surface area contributed by atoms with Gasteiger partial charge in [0.05, 0.1) is 6.54 Å². The highest BCUT2D eigenvalue weighted by Gasteiger charge is 2.22. The third-order valence-electron chi connectivity index (χ3n) is 3.20. The minimum atomic E-state index is 0.0268. The van der Waals surface area contributed by atoms with E-state index in [0.717, 1.165) is 12.8 Å². The highest BCUT2D eigenvalue weighted by Crippen LogP contribution is 2.08. The number of likely N-dealkylation sites (N-methyl/N-ethyl adjacent to an activating group) is 1. The second-order valence-electron chi connectivity index (χ2n) is 4.77. The molecule has 1 saturated heterocycles. The Hall–Kier alpha value is -1.10. The number of carbonyl (C=O) groups excluding carboxylic acids is 2. The van der Waals surface area contributed by atoms with Gasteiger partial charge in [-0.15, -0.1) is 0 Å². The summed E-state index contributed by atoms with van der Waals surface area (Å²) in [6.07, 6.45) is 2.33. The quantitative estimate of drug-likeness (QED) is 0.718. The Morgan fingerprint density at radius 3 is 2.88 bits per heavy atom. The van der Waals surface area contributed by atoms with Crippen molar-refractivity contribution in [2.24, 2.45) is 0 Å². The first-order valence-corrected chi connectivity index (χ1v) is 6.29. The lowest BCUT2D eigenvalue weighted by Crippen LogP contribution is -2.49. The third-order valence-corrected chi connectivity index (χ3v) is 3.20. The van der Waals surface area contributed by atoms with Crippen LogP contribution in [-0.4, -0.2) is 48.9 Å². The normalized spacial score (nSPS) is 22.4. The van der Waals surface area contributed by atoms with Crippen LogP contribution in [0.5, 0.6) is 0 Å². The Labute approximate surface area is 103 Å². The van der Waals surface area contributed by atoms with E-state index in [1.54, 1.807) is 11.9 Å². The molecule has 1 aliphatic rings. The van der Waals surface area contributed by atoms with E-state index in [1.165, 1.54) is 0 Å². The van der Waals surface area contributed by atoms with Crippen molar-refractivity contribution in [3.63, 3.8) is 0 Å². The topological polar surface area (TPSA) is 61.4 Å². The smallest absolute Gasteiger partial charge is 0.234 e. The van der Waals surface area contributed by atoms with Gasteiger partial charge >= 0.3 is 0 Å². The van der Waals surface area contributed by atoms with Gasteiger partial charge in [-0.2, -0.15) is 0 Å². The standard InChI is InChI=1S/C12H23N3O2/c1-4-9(2)14-11(16)7-13-10-5-6-12(17)15(3)8-10/h9-10,13H,4-8H2,1-3H3,(H,14,16). The molecule has 0 aromatic rings. The minimum absolute atomic E-state index is 0.0268. The molecule has 17 heavy (non-hydrogen) atoms. The van der Waals surface area contributed by atoms with Crippen LogP contribution in [0.2, 0.25) is 0 Å². The molecule has 0 aromatic heterocycles. The molecule has 1 rings (SSSR count). The van der Waals surface area contributed by atoms with E-state index in [1.807, 2.05) is 13.8 Å². The molecule has 2 unspecified atom stereocenters. The van der Waals surface area contributed by atoms with Crippen molar-refractivity contribution in [2.75, 3.05) is 20.1 Å². The van der Waals surface area contributed by atoms with Gasteiger partial charge in [0.15, 0.2) is 0 Å². The summed E-state index contributed by atoms with van der Waals surface area (Å²) in [5.41, 5.74) is 0. The number of amides is 2. The molecule has 0 radical (unpaired) electrons. The summed E-state index contributed by atoms with van der Waals surface area (Å²) < 4.78 is 0. The van der Waals surface area contributed by atoms with Crippen molar-refractivity contribution in [3.05, 3.63) is 0 Å². The fourth-order valence-corrected chi connectivity index (χ4v) is 1.84. The first-order valence-electron chi connectivity index (χ1n) is 6.29. The van der Waals surface area contributed by atoms with Crippen LogP contribution >= 0.6 is 0 Å². The van der Waals surface area contributed by atoms with Crippen LogP contribution in [0.1, 0.15) is 33.1 Å². The Morgan fingerprint density at radius 2 is 2.29 bits per heavy atom.